The molecule has 2 aromatic rings. The van der Waals surface area contributed by atoms with Gasteiger partial charge in [-0.15, -0.1) is 11.3 Å². The van der Waals surface area contributed by atoms with Crippen molar-refractivity contribution in [2.75, 3.05) is 0 Å². The van der Waals surface area contributed by atoms with E-state index in [0.29, 0.717) is 5.69 Å². The highest BCUT2D eigenvalue weighted by atomic mass is 32.1. The molecule has 0 aliphatic heterocycles. The third-order valence-electron chi connectivity index (χ3n) is 2.60. The fourth-order valence-corrected chi connectivity index (χ4v) is 2.17. The van der Waals surface area contributed by atoms with Gasteiger partial charge in [0.15, 0.2) is 5.76 Å². The quantitative estimate of drug-likeness (QED) is 0.782. The molecule has 0 radical (unpaired) electrons. The van der Waals surface area contributed by atoms with Crippen LogP contribution in [0, 0.1) is 5.92 Å². The third-order valence-corrected chi connectivity index (χ3v) is 3.48. The van der Waals surface area contributed by atoms with Crippen LogP contribution in [0.2, 0.25) is 0 Å². The van der Waals surface area contributed by atoms with E-state index >= 15 is 0 Å². The predicted molar refractivity (Wildman–Crippen MR) is 62.3 cm³/mol. The van der Waals surface area contributed by atoms with E-state index in [1.54, 1.807) is 11.3 Å². The Hall–Kier alpha value is -1.62. The van der Waals surface area contributed by atoms with E-state index < -0.39 is 0 Å². The van der Waals surface area contributed by atoms with E-state index in [9.17, 15) is 4.79 Å². The molecular formula is C12H11NO3S. The SMILES string of the molecule is O=C(OCc1cc(-c2cccs2)on1)C1CC1. The number of ether oxygens (including phenoxy) is 1. The molecule has 1 fully saturated rings. The highest BCUT2D eigenvalue weighted by Gasteiger charge is 2.31. The second kappa shape index (κ2) is 4.33. The Morgan fingerprint density at radius 3 is 3.18 bits per heavy atom. The zero-order valence-corrected chi connectivity index (χ0v) is 9.90. The maximum atomic E-state index is 11.3. The molecule has 3 rings (SSSR count). The number of rotatable bonds is 4. The van der Waals surface area contributed by atoms with Crippen molar-refractivity contribution in [2.24, 2.45) is 5.92 Å². The summed E-state index contributed by atoms with van der Waals surface area (Å²) in [5.41, 5.74) is 0.655. The van der Waals surface area contributed by atoms with Crippen LogP contribution in [0.5, 0.6) is 0 Å². The number of thiophene rings is 1. The summed E-state index contributed by atoms with van der Waals surface area (Å²) in [5, 5.41) is 5.86. The Morgan fingerprint density at radius 2 is 2.47 bits per heavy atom. The molecule has 0 saturated heterocycles. The lowest BCUT2D eigenvalue weighted by molar-refractivity contribution is -0.146. The molecule has 1 saturated carbocycles. The molecular weight excluding hydrogens is 238 g/mol. The first kappa shape index (κ1) is 10.5. The largest absolute Gasteiger partial charge is 0.459 e. The molecule has 0 spiro atoms. The van der Waals surface area contributed by atoms with Crippen LogP contribution < -0.4 is 0 Å². The number of esters is 1. The van der Waals surface area contributed by atoms with Gasteiger partial charge in [-0.1, -0.05) is 11.2 Å². The smallest absolute Gasteiger partial charge is 0.309 e. The molecule has 2 aromatic heterocycles. The molecule has 88 valence electrons. The first-order valence-electron chi connectivity index (χ1n) is 5.49. The second-order valence-corrected chi connectivity index (χ2v) is 4.99. The normalized spacial score (nSPS) is 14.8. The predicted octanol–water partition coefficient (Wildman–Crippen LogP) is 2.86. The molecule has 0 unspecified atom stereocenters. The van der Waals surface area contributed by atoms with Gasteiger partial charge < -0.3 is 9.26 Å². The van der Waals surface area contributed by atoms with Gasteiger partial charge in [-0.2, -0.15) is 0 Å². The van der Waals surface area contributed by atoms with Crippen molar-refractivity contribution in [3.8, 4) is 10.6 Å². The topological polar surface area (TPSA) is 52.3 Å². The summed E-state index contributed by atoms with van der Waals surface area (Å²) in [4.78, 5) is 12.4. The van der Waals surface area contributed by atoms with Crippen LogP contribution >= 0.6 is 11.3 Å². The van der Waals surface area contributed by atoms with Crippen molar-refractivity contribution in [3.05, 3.63) is 29.3 Å². The third kappa shape index (κ3) is 2.39. The molecule has 17 heavy (non-hydrogen) atoms. The van der Waals surface area contributed by atoms with E-state index in [2.05, 4.69) is 5.16 Å². The van der Waals surface area contributed by atoms with Crippen molar-refractivity contribution in [3.63, 3.8) is 0 Å². The van der Waals surface area contributed by atoms with Crippen molar-refractivity contribution in [1.29, 1.82) is 0 Å². The first-order valence-corrected chi connectivity index (χ1v) is 6.37. The van der Waals surface area contributed by atoms with E-state index in [4.69, 9.17) is 9.26 Å². The van der Waals surface area contributed by atoms with Gasteiger partial charge in [0.25, 0.3) is 0 Å². The number of aromatic nitrogens is 1. The molecule has 0 N–H and O–H groups in total. The summed E-state index contributed by atoms with van der Waals surface area (Å²) in [6.07, 6.45) is 1.91. The maximum absolute atomic E-state index is 11.3. The van der Waals surface area contributed by atoms with Crippen LogP contribution in [-0.2, 0) is 16.1 Å². The molecule has 4 nitrogen and oxygen atoms in total. The van der Waals surface area contributed by atoms with Crippen molar-refractivity contribution >= 4 is 17.3 Å². The Balaban J connectivity index is 1.62. The van der Waals surface area contributed by atoms with Crippen molar-refractivity contribution < 1.29 is 14.1 Å². The lowest BCUT2D eigenvalue weighted by atomic mass is 10.3. The van der Waals surface area contributed by atoms with Gasteiger partial charge in [-0.05, 0) is 24.3 Å². The van der Waals surface area contributed by atoms with Gasteiger partial charge in [0.2, 0.25) is 0 Å². The molecule has 0 amide bonds. The number of hydrogen-bond donors (Lipinski definition) is 0. The minimum Gasteiger partial charge on any atom is -0.459 e. The Bertz CT molecular complexity index is 514. The summed E-state index contributed by atoms with van der Waals surface area (Å²) >= 11 is 1.59. The Morgan fingerprint density at radius 1 is 1.59 bits per heavy atom. The number of carbonyl (C=O) groups is 1. The lowest BCUT2D eigenvalue weighted by Crippen LogP contribution is -2.06. The standard InChI is InChI=1S/C12H11NO3S/c14-12(8-3-4-8)15-7-9-6-10(16-13-9)11-2-1-5-17-11/h1-2,5-6,8H,3-4,7H2. The average molecular weight is 249 g/mol. The van der Waals surface area contributed by atoms with Crippen molar-refractivity contribution in [1.82, 2.24) is 5.16 Å². The summed E-state index contributed by atoms with van der Waals surface area (Å²) in [7, 11) is 0. The Kier molecular flexibility index (Phi) is 2.68. The molecule has 1 aliphatic rings. The number of carbonyl (C=O) groups excluding carboxylic acids is 1. The maximum Gasteiger partial charge on any atom is 0.309 e. The zero-order valence-electron chi connectivity index (χ0n) is 9.09. The fourth-order valence-electron chi connectivity index (χ4n) is 1.50. The number of hydrogen-bond acceptors (Lipinski definition) is 5. The van der Waals surface area contributed by atoms with Gasteiger partial charge in [-0.3, -0.25) is 4.79 Å². The molecule has 0 aromatic carbocycles. The molecule has 1 aliphatic carbocycles. The molecule has 0 atom stereocenters. The molecule has 0 bridgehead atoms. The van der Waals surface area contributed by atoms with Gasteiger partial charge >= 0.3 is 5.97 Å². The minimum atomic E-state index is -0.120. The second-order valence-electron chi connectivity index (χ2n) is 4.04. The van der Waals surface area contributed by atoms with E-state index in [-0.39, 0.29) is 18.5 Å². The van der Waals surface area contributed by atoms with Crippen LogP contribution in [0.4, 0.5) is 0 Å². The Labute approximate surface area is 102 Å². The van der Waals surface area contributed by atoms with E-state index in [1.807, 2.05) is 23.6 Å². The summed E-state index contributed by atoms with van der Waals surface area (Å²) in [6, 6.07) is 5.73. The van der Waals surface area contributed by atoms with Crippen LogP contribution in [0.1, 0.15) is 18.5 Å². The van der Waals surface area contributed by atoms with Crippen LogP contribution in [0.25, 0.3) is 10.6 Å². The van der Waals surface area contributed by atoms with E-state index in [0.717, 1.165) is 23.5 Å². The number of nitrogens with zero attached hydrogens (tertiary/aromatic N) is 1. The minimum absolute atomic E-state index is 0.120. The molecule has 2 heterocycles. The summed E-state index contributed by atoms with van der Waals surface area (Å²) < 4.78 is 10.3. The monoisotopic (exact) mass is 249 g/mol. The highest BCUT2D eigenvalue weighted by Crippen LogP contribution is 2.30. The first-order chi connectivity index (χ1) is 8.33. The average Bonchev–Trinajstić information content (AvgIpc) is 2.87. The van der Waals surface area contributed by atoms with Gasteiger partial charge in [0.05, 0.1) is 10.8 Å². The van der Waals surface area contributed by atoms with Crippen LogP contribution in [0.3, 0.4) is 0 Å². The van der Waals surface area contributed by atoms with Crippen LogP contribution in [0.15, 0.2) is 28.1 Å². The van der Waals surface area contributed by atoms with Gasteiger partial charge in [0.1, 0.15) is 12.3 Å². The fraction of sp³-hybridized carbons (Fsp3) is 0.333. The highest BCUT2D eigenvalue weighted by molar-refractivity contribution is 7.13. The summed E-state index contributed by atoms with van der Waals surface area (Å²) in [6.45, 7) is 0.199. The van der Waals surface area contributed by atoms with Gasteiger partial charge in [0, 0.05) is 6.07 Å². The van der Waals surface area contributed by atoms with E-state index in [1.165, 1.54) is 0 Å². The zero-order chi connectivity index (χ0) is 11.7. The summed E-state index contributed by atoms with van der Waals surface area (Å²) in [5.74, 6) is 0.724. The van der Waals surface area contributed by atoms with Crippen molar-refractivity contribution in [2.45, 2.75) is 19.4 Å². The lowest BCUT2D eigenvalue weighted by Gasteiger charge is -1.98. The molecule has 5 heteroatoms. The van der Waals surface area contributed by atoms with Crippen LogP contribution in [-0.4, -0.2) is 11.1 Å². The van der Waals surface area contributed by atoms with Gasteiger partial charge in [-0.25, -0.2) is 0 Å².